The first-order chi connectivity index (χ1) is 7.00. The van der Waals surface area contributed by atoms with E-state index in [9.17, 15) is 17.8 Å². The first kappa shape index (κ1) is 13.3. The number of para-hydroxylation sites is 1. The summed E-state index contributed by atoms with van der Waals surface area (Å²) in [6.07, 6.45) is 0. The maximum absolute atomic E-state index is 11.5. The Bertz CT molecular complexity index is 680. The van der Waals surface area contributed by atoms with Crippen LogP contribution in [0.5, 0.6) is 0 Å². The van der Waals surface area contributed by atoms with E-state index in [0.29, 0.717) is 5.52 Å². The summed E-state index contributed by atoms with van der Waals surface area (Å²) in [6.45, 7) is 0. The van der Waals surface area contributed by atoms with Crippen molar-refractivity contribution in [3.63, 3.8) is 0 Å². The molecule has 0 amide bonds. The molecular weight excluding hydrogens is 243 g/mol. The maximum atomic E-state index is 11.5. The third-order valence-electron chi connectivity index (χ3n) is 1.88. The van der Waals surface area contributed by atoms with E-state index in [1.54, 1.807) is 18.2 Å². The van der Waals surface area contributed by atoms with Crippen molar-refractivity contribution in [2.45, 2.75) is 5.03 Å². The monoisotopic (exact) mass is 248 g/mol. The van der Waals surface area contributed by atoms with Gasteiger partial charge in [0.2, 0.25) is 10.5 Å². The Kier molecular flexibility index (Phi) is 3.87. The van der Waals surface area contributed by atoms with Gasteiger partial charge in [-0.25, -0.2) is 8.42 Å². The average Bonchev–Trinajstić information content (AvgIpc) is 2.16. The number of fused-ring (bicyclic) bond motifs is 1. The Morgan fingerprint density at radius 1 is 1.25 bits per heavy atom. The van der Waals surface area contributed by atoms with Gasteiger partial charge in [-0.1, -0.05) is 12.1 Å². The molecular formula is C8H5N2NaO4S. The van der Waals surface area contributed by atoms with Crippen LogP contribution in [0, 0.1) is 0 Å². The Labute approximate surface area is 113 Å². The number of rotatable bonds is 1. The Hall–Kier alpha value is -0.730. The molecule has 0 bridgehead atoms. The van der Waals surface area contributed by atoms with Crippen molar-refractivity contribution in [1.82, 2.24) is 10.2 Å². The topological polar surface area (TPSA) is 103 Å². The van der Waals surface area contributed by atoms with E-state index in [1.165, 1.54) is 6.07 Å². The second-order valence-electron chi connectivity index (χ2n) is 2.86. The Morgan fingerprint density at radius 3 is 2.50 bits per heavy atom. The minimum absolute atomic E-state index is 0. The van der Waals surface area contributed by atoms with Crippen LogP contribution < -0.4 is 35.0 Å². The van der Waals surface area contributed by atoms with E-state index < -0.39 is 20.6 Å². The molecule has 0 aliphatic heterocycles. The van der Waals surface area contributed by atoms with Gasteiger partial charge in [0.25, 0.3) is 0 Å². The molecule has 78 valence electrons. The van der Waals surface area contributed by atoms with Crippen molar-refractivity contribution in [2.24, 2.45) is 0 Å². The molecule has 0 aliphatic carbocycles. The number of aromatic nitrogens is 2. The SMILES string of the molecule is O=c1c(S(=O)(=O)[O-])n[nH]c2ccccc12.[Na+]. The van der Waals surface area contributed by atoms with Crippen LogP contribution in [0.2, 0.25) is 0 Å². The van der Waals surface area contributed by atoms with Gasteiger partial charge in [-0.2, -0.15) is 5.10 Å². The predicted octanol–water partition coefficient (Wildman–Crippen LogP) is -3.17. The van der Waals surface area contributed by atoms with E-state index in [4.69, 9.17) is 0 Å². The summed E-state index contributed by atoms with van der Waals surface area (Å²) in [5, 5.41) is 4.71. The average molecular weight is 248 g/mol. The first-order valence-corrected chi connectivity index (χ1v) is 5.34. The number of nitrogens with one attached hydrogen (secondary N) is 1. The van der Waals surface area contributed by atoms with Crippen LogP contribution in [0.4, 0.5) is 0 Å². The van der Waals surface area contributed by atoms with Crippen molar-refractivity contribution in [3.05, 3.63) is 34.5 Å². The molecule has 1 aromatic carbocycles. The van der Waals surface area contributed by atoms with Crippen LogP contribution in [0.15, 0.2) is 34.1 Å². The van der Waals surface area contributed by atoms with Gasteiger partial charge >= 0.3 is 29.6 Å². The number of H-pyrrole nitrogens is 1. The summed E-state index contributed by atoms with van der Waals surface area (Å²) in [4.78, 5) is 11.5. The fraction of sp³-hybridized carbons (Fsp3) is 0. The molecule has 2 aromatic rings. The van der Waals surface area contributed by atoms with Gasteiger partial charge in [0.05, 0.1) is 10.9 Å². The molecule has 0 saturated heterocycles. The zero-order valence-corrected chi connectivity index (χ0v) is 11.1. The molecule has 0 saturated carbocycles. The van der Waals surface area contributed by atoms with Crippen LogP contribution in [0.1, 0.15) is 0 Å². The van der Waals surface area contributed by atoms with Crippen LogP contribution >= 0.6 is 0 Å². The third-order valence-corrected chi connectivity index (χ3v) is 2.63. The minimum atomic E-state index is -4.83. The van der Waals surface area contributed by atoms with E-state index in [-0.39, 0.29) is 34.9 Å². The molecule has 0 unspecified atom stereocenters. The standard InChI is InChI=1S/C8H6N2O4S.Na/c11-7-5-3-1-2-4-6(5)9-10-8(7)15(12,13)14;/h1-4H,(H,9,11)(H,12,13,14);/q;+1/p-1. The number of aromatic amines is 1. The van der Waals surface area contributed by atoms with Gasteiger partial charge in [0.1, 0.15) is 10.1 Å². The second kappa shape index (κ2) is 4.64. The normalized spacial score (nSPS) is 11.1. The zero-order chi connectivity index (χ0) is 11.1. The van der Waals surface area contributed by atoms with Gasteiger partial charge in [0, 0.05) is 0 Å². The van der Waals surface area contributed by atoms with E-state index in [0.717, 1.165) is 0 Å². The van der Waals surface area contributed by atoms with Crippen LogP contribution in [-0.2, 0) is 10.1 Å². The third kappa shape index (κ3) is 2.33. The molecule has 8 heteroatoms. The molecule has 0 spiro atoms. The summed E-state index contributed by atoms with van der Waals surface area (Å²) in [5.41, 5.74) is -0.491. The van der Waals surface area contributed by atoms with Crippen molar-refractivity contribution in [3.8, 4) is 0 Å². The van der Waals surface area contributed by atoms with Gasteiger partial charge < -0.3 is 4.55 Å². The maximum Gasteiger partial charge on any atom is 1.00 e. The molecule has 0 fully saturated rings. The summed E-state index contributed by atoms with van der Waals surface area (Å²) >= 11 is 0. The fourth-order valence-corrected chi connectivity index (χ4v) is 1.72. The van der Waals surface area contributed by atoms with Crippen LogP contribution in [0.3, 0.4) is 0 Å². The first-order valence-electron chi connectivity index (χ1n) is 3.93. The van der Waals surface area contributed by atoms with E-state index >= 15 is 0 Å². The van der Waals surface area contributed by atoms with Gasteiger partial charge in [-0.05, 0) is 12.1 Å². The molecule has 0 aliphatic rings. The summed E-state index contributed by atoms with van der Waals surface area (Å²) in [6, 6.07) is 6.21. The molecule has 2 rings (SSSR count). The van der Waals surface area contributed by atoms with E-state index in [2.05, 4.69) is 10.2 Å². The largest absolute Gasteiger partial charge is 1.00 e. The van der Waals surface area contributed by atoms with Gasteiger partial charge in [0.15, 0.2) is 0 Å². The molecule has 1 aromatic heterocycles. The van der Waals surface area contributed by atoms with Crippen molar-refractivity contribution in [2.75, 3.05) is 0 Å². The van der Waals surface area contributed by atoms with Crippen LogP contribution in [0.25, 0.3) is 10.9 Å². The van der Waals surface area contributed by atoms with Gasteiger partial charge in [-0.15, -0.1) is 0 Å². The Balaban J connectivity index is 0.00000128. The molecule has 6 nitrogen and oxygen atoms in total. The smallest absolute Gasteiger partial charge is 0.743 e. The zero-order valence-electron chi connectivity index (χ0n) is 8.30. The summed E-state index contributed by atoms with van der Waals surface area (Å²) in [7, 11) is -4.83. The van der Waals surface area contributed by atoms with Crippen LogP contribution in [-0.4, -0.2) is 23.2 Å². The summed E-state index contributed by atoms with van der Waals surface area (Å²) in [5.74, 6) is 0. The minimum Gasteiger partial charge on any atom is -0.743 e. The molecule has 0 radical (unpaired) electrons. The quantitative estimate of drug-likeness (QED) is 0.423. The molecule has 16 heavy (non-hydrogen) atoms. The molecule has 1 heterocycles. The van der Waals surface area contributed by atoms with Crippen molar-refractivity contribution < 1.29 is 42.5 Å². The summed E-state index contributed by atoms with van der Waals surface area (Å²) < 4.78 is 32.0. The number of hydrogen-bond donors (Lipinski definition) is 1. The molecule has 0 atom stereocenters. The van der Waals surface area contributed by atoms with E-state index in [1.807, 2.05) is 0 Å². The second-order valence-corrected chi connectivity index (χ2v) is 4.15. The van der Waals surface area contributed by atoms with Crippen molar-refractivity contribution >= 4 is 21.0 Å². The number of benzene rings is 1. The van der Waals surface area contributed by atoms with Gasteiger partial charge in [-0.3, -0.25) is 9.89 Å². The van der Waals surface area contributed by atoms with Crippen molar-refractivity contribution in [1.29, 1.82) is 0 Å². The predicted molar refractivity (Wildman–Crippen MR) is 50.3 cm³/mol. The fourth-order valence-electron chi connectivity index (χ4n) is 1.23. The number of nitrogens with zero attached hydrogens (tertiary/aromatic N) is 1. The number of hydrogen-bond acceptors (Lipinski definition) is 5. The Morgan fingerprint density at radius 2 is 1.88 bits per heavy atom. The molecule has 1 N–H and O–H groups in total.